The lowest BCUT2D eigenvalue weighted by atomic mass is 10.00. The topological polar surface area (TPSA) is 96.3 Å². The maximum atomic E-state index is 12.1. The average Bonchev–Trinajstić information content (AvgIpc) is 2.80. The van der Waals surface area contributed by atoms with Crippen molar-refractivity contribution in [2.45, 2.75) is 40.2 Å². The number of hydrogen-bond donors (Lipinski definition) is 2. The van der Waals surface area contributed by atoms with Crippen molar-refractivity contribution in [2.75, 3.05) is 31.2 Å². The number of hydrogen-bond acceptors (Lipinski definition) is 4. The second kappa shape index (κ2) is 7.52. The summed E-state index contributed by atoms with van der Waals surface area (Å²) in [5, 5.41) is 10.1. The van der Waals surface area contributed by atoms with Crippen LogP contribution in [0.25, 0.3) is 0 Å². The van der Waals surface area contributed by atoms with Gasteiger partial charge in [0.25, 0.3) is 0 Å². The number of aromatic nitrogens is 2. The summed E-state index contributed by atoms with van der Waals surface area (Å²) in [6.07, 6.45) is 2.97. The van der Waals surface area contributed by atoms with E-state index in [0.29, 0.717) is 19.6 Å². The summed E-state index contributed by atoms with van der Waals surface area (Å²) in [5.41, 5.74) is 2.44. The molecule has 2 N–H and O–H groups in total. The van der Waals surface area contributed by atoms with Crippen molar-refractivity contribution in [3.05, 3.63) is 11.4 Å². The third-order valence-corrected chi connectivity index (χ3v) is 5.69. The SMILES string of the molecule is CCn1nc(C)c(NC(=O)NCC2CCCN(S(C)(=O)=O)C2)c1C. The van der Waals surface area contributed by atoms with Crippen LogP contribution in [0.2, 0.25) is 0 Å². The highest BCUT2D eigenvalue weighted by Gasteiger charge is 2.26. The number of carbonyl (C=O) groups is 1. The van der Waals surface area contributed by atoms with E-state index in [1.54, 1.807) is 0 Å². The molecule has 24 heavy (non-hydrogen) atoms. The zero-order chi connectivity index (χ0) is 17.9. The zero-order valence-corrected chi connectivity index (χ0v) is 15.6. The average molecular weight is 357 g/mol. The van der Waals surface area contributed by atoms with Gasteiger partial charge in [0.2, 0.25) is 10.0 Å². The van der Waals surface area contributed by atoms with Gasteiger partial charge < -0.3 is 10.6 Å². The zero-order valence-electron chi connectivity index (χ0n) is 14.8. The molecule has 1 unspecified atom stereocenters. The molecule has 1 aliphatic rings. The minimum absolute atomic E-state index is 0.139. The number of nitrogens with zero attached hydrogens (tertiary/aromatic N) is 3. The molecule has 0 aromatic carbocycles. The smallest absolute Gasteiger partial charge is 0.319 e. The Morgan fingerprint density at radius 1 is 1.38 bits per heavy atom. The first-order valence-electron chi connectivity index (χ1n) is 8.26. The van der Waals surface area contributed by atoms with E-state index in [2.05, 4.69) is 15.7 Å². The van der Waals surface area contributed by atoms with Crippen LogP contribution in [-0.2, 0) is 16.6 Å². The van der Waals surface area contributed by atoms with Crippen LogP contribution < -0.4 is 10.6 Å². The minimum Gasteiger partial charge on any atom is -0.338 e. The molecule has 136 valence electrons. The Morgan fingerprint density at radius 2 is 2.08 bits per heavy atom. The molecule has 1 atom stereocenters. The molecule has 2 rings (SSSR count). The third-order valence-electron chi connectivity index (χ3n) is 4.42. The Labute approximate surface area is 143 Å². The highest BCUT2D eigenvalue weighted by atomic mass is 32.2. The van der Waals surface area contributed by atoms with Crippen LogP contribution >= 0.6 is 0 Å². The van der Waals surface area contributed by atoms with Gasteiger partial charge in [-0.25, -0.2) is 17.5 Å². The van der Waals surface area contributed by atoms with Crippen LogP contribution in [0.4, 0.5) is 10.5 Å². The number of urea groups is 1. The van der Waals surface area contributed by atoms with E-state index in [-0.39, 0.29) is 11.9 Å². The molecule has 0 aliphatic carbocycles. The maximum Gasteiger partial charge on any atom is 0.319 e. The van der Waals surface area contributed by atoms with Gasteiger partial charge in [-0.1, -0.05) is 0 Å². The molecule has 9 heteroatoms. The van der Waals surface area contributed by atoms with Gasteiger partial charge in [-0.15, -0.1) is 0 Å². The monoisotopic (exact) mass is 357 g/mol. The highest BCUT2D eigenvalue weighted by molar-refractivity contribution is 7.88. The largest absolute Gasteiger partial charge is 0.338 e. The van der Waals surface area contributed by atoms with Gasteiger partial charge in [-0.3, -0.25) is 4.68 Å². The van der Waals surface area contributed by atoms with Gasteiger partial charge in [0.1, 0.15) is 0 Å². The van der Waals surface area contributed by atoms with E-state index < -0.39 is 10.0 Å². The fourth-order valence-electron chi connectivity index (χ4n) is 3.08. The fourth-order valence-corrected chi connectivity index (χ4v) is 4.02. The van der Waals surface area contributed by atoms with E-state index in [1.807, 2.05) is 25.5 Å². The van der Waals surface area contributed by atoms with Gasteiger partial charge in [-0.05, 0) is 39.5 Å². The van der Waals surface area contributed by atoms with Crippen molar-refractivity contribution >= 4 is 21.7 Å². The molecular weight excluding hydrogens is 330 g/mol. The molecule has 2 heterocycles. The molecule has 2 amide bonds. The Balaban J connectivity index is 1.89. The van der Waals surface area contributed by atoms with Crippen molar-refractivity contribution in [1.29, 1.82) is 0 Å². The summed E-state index contributed by atoms with van der Waals surface area (Å²) >= 11 is 0. The van der Waals surface area contributed by atoms with Crippen molar-refractivity contribution in [3.63, 3.8) is 0 Å². The predicted molar refractivity (Wildman–Crippen MR) is 93.5 cm³/mol. The Morgan fingerprint density at radius 3 is 2.67 bits per heavy atom. The Bertz CT molecular complexity index is 698. The number of aryl methyl sites for hydroxylation is 2. The number of piperidine rings is 1. The van der Waals surface area contributed by atoms with Crippen LogP contribution in [-0.4, -0.2) is 54.4 Å². The van der Waals surface area contributed by atoms with Crippen LogP contribution in [0, 0.1) is 19.8 Å². The maximum absolute atomic E-state index is 12.1. The van der Waals surface area contributed by atoms with Gasteiger partial charge >= 0.3 is 6.03 Å². The number of rotatable bonds is 5. The third kappa shape index (κ3) is 4.47. The van der Waals surface area contributed by atoms with Crippen molar-refractivity contribution in [2.24, 2.45) is 5.92 Å². The molecule has 1 aromatic heterocycles. The summed E-state index contributed by atoms with van der Waals surface area (Å²) in [6, 6.07) is -0.284. The van der Waals surface area contributed by atoms with E-state index in [9.17, 15) is 13.2 Å². The molecule has 0 spiro atoms. The predicted octanol–water partition coefficient (Wildman–Crippen LogP) is 1.31. The highest BCUT2D eigenvalue weighted by Crippen LogP contribution is 2.20. The van der Waals surface area contributed by atoms with Gasteiger partial charge in [0.05, 0.1) is 23.3 Å². The number of anilines is 1. The lowest BCUT2D eigenvalue weighted by molar-refractivity contribution is 0.239. The van der Waals surface area contributed by atoms with Crippen molar-refractivity contribution in [1.82, 2.24) is 19.4 Å². The van der Waals surface area contributed by atoms with E-state index >= 15 is 0 Å². The minimum atomic E-state index is -3.16. The Kier molecular flexibility index (Phi) is 5.87. The first-order chi connectivity index (χ1) is 11.2. The van der Waals surface area contributed by atoms with Crippen molar-refractivity contribution < 1.29 is 13.2 Å². The van der Waals surface area contributed by atoms with Gasteiger partial charge in [-0.2, -0.15) is 5.10 Å². The summed E-state index contributed by atoms with van der Waals surface area (Å²) in [4.78, 5) is 12.1. The van der Waals surface area contributed by atoms with Crippen LogP contribution in [0.1, 0.15) is 31.2 Å². The van der Waals surface area contributed by atoms with Crippen LogP contribution in [0.5, 0.6) is 0 Å². The normalized spacial score (nSPS) is 19.2. The molecule has 1 aliphatic heterocycles. The molecule has 1 aromatic rings. The van der Waals surface area contributed by atoms with E-state index in [0.717, 1.165) is 36.5 Å². The summed E-state index contributed by atoms with van der Waals surface area (Å²) in [5.74, 6) is 0.139. The van der Waals surface area contributed by atoms with Crippen LogP contribution in [0.3, 0.4) is 0 Å². The van der Waals surface area contributed by atoms with E-state index in [1.165, 1.54) is 10.6 Å². The number of amides is 2. The molecular formula is C15H27N5O3S. The second-order valence-corrected chi connectivity index (χ2v) is 8.31. The molecule has 0 radical (unpaired) electrons. The summed E-state index contributed by atoms with van der Waals surface area (Å²) in [6.45, 7) is 8.02. The molecule has 8 nitrogen and oxygen atoms in total. The lowest BCUT2D eigenvalue weighted by Gasteiger charge is -2.30. The summed E-state index contributed by atoms with van der Waals surface area (Å²) in [7, 11) is -3.16. The number of nitrogens with one attached hydrogen (secondary N) is 2. The second-order valence-electron chi connectivity index (χ2n) is 6.33. The molecule has 0 saturated carbocycles. The van der Waals surface area contributed by atoms with Crippen LogP contribution in [0.15, 0.2) is 0 Å². The quantitative estimate of drug-likeness (QED) is 0.830. The van der Waals surface area contributed by atoms with Crippen molar-refractivity contribution in [3.8, 4) is 0 Å². The summed E-state index contributed by atoms with van der Waals surface area (Å²) < 4.78 is 26.6. The molecule has 0 bridgehead atoms. The Hall–Kier alpha value is -1.61. The van der Waals surface area contributed by atoms with Gasteiger partial charge in [0, 0.05) is 26.2 Å². The fraction of sp³-hybridized carbons (Fsp3) is 0.733. The van der Waals surface area contributed by atoms with Gasteiger partial charge in [0.15, 0.2) is 0 Å². The standard InChI is InChI=1S/C15H27N5O3S/c1-5-20-12(3)14(11(2)18-20)17-15(21)16-9-13-7-6-8-19(10-13)24(4,22)23/h13H,5-10H2,1-4H3,(H2,16,17,21). The molecule has 1 saturated heterocycles. The first kappa shape index (κ1) is 18.7. The first-order valence-corrected chi connectivity index (χ1v) is 10.1. The molecule has 1 fully saturated rings. The number of carbonyl (C=O) groups excluding carboxylic acids is 1. The lowest BCUT2D eigenvalue weighted by Crippen LogP contribution is -2.43. The number of sulfonamides is 1. The van der Waals surface area contributed by atoms with E-state index in [4.69, 9.17) is 0 Å².